The van der Waals surface area contributed by atoms with Gasteiger partial charge in [0.05, 0.1) is 41.1 Å². The van der Waals surface area contributed by atoms with E-state index in [1.807, 2.05) is 0 Å². The smallest absolute Gasteiger partial charge is 0.332 e. The van der Waals surface area contributed by atoms with Crippen LogP contribution in [0.3, 0.4) is 0 Å². The number of aliphatic carboxylic acids is 1. The number of carboxylic acids is 1. The summed E-state index contributed by atoms with van der Waals surface area (Å²) >= 11 is 9.28. The molecule has 0 aromatic heterocycles. The van der Waals surface area contributed by atoms with Crippen LogP contribution in [0.15, 0.2) is 19.0 Å². The Labute approximate surface area is 173 Å². The first kappa shape index (κ1) is 22.5. The summed E-state index contributed by atoms with van der Waals surface area (Å²) in [4.78, 5) is 35.3. The Balaban J connectivity index is 3.65. The molecular weight excluding hydrogens is 548 g/mol. The number of ether oxygens (including phenoxy) is 2. The lowest BCUT2D eigenvalue weighted by atomic mass is 9.93. The molecule has 26 heavy (non-hydrogen) atoms. The van der Waals surface area contributed by atoms with Gasteiger partial charge in [-0.2, -0.15) is 0 Å². The Hall–Kier alpha value is -1.59. The van der Waals surface area contributed by atoms with Gasteiger partial charge in [0.25, 0.3) is 0 Å². The Bertz CT molecular complexity index is 759. The Morgan fingerprint density at radius 3 is 2.00 bits per heavy atom. The average Bonchev–Trinajstić information content (AvgIpc) is 2.62. The van der Waals surface area contributed by atoms with Gasteiger partial charge in [-0.05, 0) is 53.9 Å². The number of hydrogen-bond donors (Lipinski definition) is 3. The molecule has 3 N–H and O–H groups in total. The second-order valence-corrected chi connectivity index (χ2v) is 7.19. The lowest BCUT2D eigenvalue weighted by Crippen LogP contribution is -2.26. The van der Waals surface area contributed by atoms with E-state index < -0.39 is 47.3 Å². The van der Waals surface area contributed by atoms with Gasteiger partial charge in [-0.15, -0.1) is 0 Å². The third kappa shape index (κ3) is 4.77. The lowest BCUT2D eigenvalue weighted by molar-refractivity contribution is -0.152. The van der Waals surface area contributed by atoms with E-state index in [1.54, 1.807) is 0 Å². The number of methoxy groups -OCH3 is 2. The molecule has 8 nitrogen and oxygen atoms in total. The molecule has 0 saturated carbocycles. The number of halogens is 3. The quantitative estimate of drug-likeness (QED) is 0.209. The van der Waals surface area contributed by atoms with E-state index >= 15 is 0 Å². The maximum absolute atomic E-state index is 12.0. The highest BCUT2D eigenvalue weighted by Gasteiger charge is 2.32. The minimum Gasteiger partial charge on any atom is -0.503 e. The third-order valence-electron chi connectivity index (χ3n) is 3.31. The molecule has 0 amide bonds. The third-order valence-corrected chi connectivity index (χ3v) is 6.24. The van der Waals surface area contributed by atoms with Gasteiger partial charge in [-0.25, -0.2) is 4.79 Å². The molecule has 0 radical (unpaired) electrons. The van der Waals surface area contributed by atoms with Crippen molar-refractivity contribution in [2.45, 2.75) is 6.42 Å². The van der Waals surface area contributed by atoms with Gasteiger partial charge in [0.15, 0.2) is 11.5 Å². The Kier molecular flexibility index (Phi) is 8.10. The maximum atomic E-state index is 12.0. The fraction of sp³-hybridized carbons (Fsp3) is 0.267. The second-order valence-electron chi connectivity index (χ2n) is 4.81. The number of hydrogen-bond acceptors (Lipinski definition) is 7. The molecule has 1 unspecified atom stereocenters. The molecule has 0 heterocycles. The SMILES string of the molecule is COC(=O)CC(C(=O)OC)/C(=C/c1c(Br)c(O)c(O)c(Br)c1Br)C(=O)O. The van der Waals surface area contributed by atoms with Gasteiger partial charge in [0.1, 0.15) is 0 Å². The number of aromatic hydroxyl groups is 2. The molecule has 1 aromatic carbocycles. The van der Waals surface area contributed by atoms with Crippen LogP contribution in [0, 0.1) is 5.92 Å². The van der Waals surface area contributed by atoms with Crippen molar-refractivity contribution in [3.8, 4) is 11.5 Å². The number of phenolic OH excluding ortho intramolecular Hbond substituents is 2. The highest BCUT2D eigenvalue weighted by atomic mass is 79.9. The summed E-state index contributed by atoms with van der Waals surface area (Å²) in [5.74, 6) is -5.69. The number of esters is 2. The normalized spacial score (nSPS) is 12.4. The van der Waals surface area contributed by atoms with Gasteiger partial charge in [0.2, 0.25) is 0 Å². The second kappa shape index (κ2) is 9.38. The number of carbonyl (C=O) groups excluding carboxylic acids is 2. The fourth-order valence-electron chi connectivity index (χ4n) is 1.96. The zero-order chi connectivity index (χ0) is 20.2. The molecule has 0 spiro atoms. The van der Waals surface area contributed by atoms with E-state index in [4.69, 9.17) is 0 Å². The van der Waals surface area contributed by atoms with Crippen LogP contribution >= 0.6 is 47.8 Å². The molecule has 0 aliphatic heterocycles. The van der Waals surface area contributed by atoms with Crippen LogP contribution in [0.25, 0.3) is 6.08 Å². The van der Waals surface area contributed by atoms with Crippen LogP contribution in [0.5, 0.6) is 11.5 Å². The van der Waals surface area contributed by atoms with Crippen molar-refractivity contribution >= 4 is 71.8 Å². The summed E-state index contributed by atoms with van der Waals surface area (Å²) in [6, 6.07) is 0. The van der Waals surface area contributed by atoms with Crippen molar-refractivity contribution in [2.75, 3.05) is 14.2 Å². The number of carbonyl (C=O) groups is 3. The van der Waals surface area contributed by atoms with E-state index in [0.717, 1.165) is 20.3 Å². The van der Waals surface area contributed by atoms with Crippen molar-refractivity contribution < 1.29 is 39.2 Å². The van der Waals surface area contributed by atoms with Crippen LogP contribution < -0.4 is 0 Å². The van der Waals surface area contributed by atoms with Crippen molar-refractivity contribution in [2.24, 2.45) is 5.92 Å². The number of carboxylic acid groups (broad SMARTS) is 1. The molecule has 1 atom stereocenters. The minimum atomic E-state index is -1.48. The van der Waals surface area contributed by atoms with E-state index in [1.165, 1.54) is 0 Å². The van der Waals surface area contributed by atoms with E-state index in [0.29, 0.717) is 0 Å². The molecule has 1 rings (SSSR count). The van der Waals surface area contributed by atoms with Crippen LogP contribution in [0.4, 0.5) is 0 Å². The largest absolute Gasteiger partial charge is 0.503 e. The van der Waals surface area contributed by atoms with E-state index in [-0.39, 0.29) is 19.0 Å². The van der Waals surface area contributed by atoms with E-state index in [9.17, 15) is 29.7 Å². The summed E-state index contributed by atoms with van der Waals surface area (Å²) in [7, 11) is 2.16. The van der Waals surface area contributed by atoms with Gasteiger partial charge >= 0.3 is 17.9 Å². The van der Waals surface area contributed by atoms with Crippen molar-refractivity contribution in [1.29, 1.82) is 0 Å². The molecule has 0 fully saturated rings. The van der Waals surface area contributed by atoms with Crippen molar-refractivity contribution in [3.05, 3.63) is 24.6 Å². The first-order valence-corrected chi connectivity index (χ1v) is 9.12. The number of rotatable bonds is 6. The summed E-state index contributed by atoms with van der Waals surface area (Å²) < 4.78 is 9.32. The summed E-state index contributed by atoms with van der Waals surface area (Å²) in [5.41, 5.74) is -0.357. The van der Waals surface area contributed by atoms with Crippen molar-refractivity contribution in [1.82, 2.24) is 0 Å². The number of benzene rings is 1. The zero-order valence-corrected chi connectivity index (χ0v) is 18.1. The summed E-state index contributed by atoms with van der Waals surface area (Å²) in [6.45, 7) is 0. The molecular formula is C15H13Br3O8. The zero-order valence-electron chi connectivity index (χ0n) is 13.4. The first-order chi connectivity index (χ1) is 12.1. The predicted octanol–water partition coefficient (Wildman–Crippen LogP) is 3.21. The molecule has 0 bridgehead atoms. The molecule has 1 aromatic rings. The predicted molar refractivity (Wildman–Crippen MR) is 101 cm³/mol. The molecule has 0 saturated heterocycles. The van der Waals surface area contributed by atoms with Crippen LogP contribution in [0.2, 0.25) is 0 Å². The minimum absolute atomic E-state index is 0.0227. The highest BCUT2D eigenvalue weighted by Crippen LogP contribution is 2.48. The van der Waals surface area contributed by atoms with E-state index in [2.05, 4.69) is 57.3 Å². The van der Waals surface area contributed by atoms with Crippen molar-refractivity contribution in [3.63, 3.8) is 0 Å². The van der Waals surface area contributed by atoms with Gasteiger partial charge < -0.3 is 24.8 Å². The standard InChI is InChI=1S/C15H13Br3O8/c1-25-8(19)4-6(15(24)26-2)5(14(22)23)3-7-9(16)11(18)13(21)12(20)10(7)17/h3,6,20-21H,4H2,1-2H3,(H,22,23)/b5-3-. The number of phenols is 2. The first-order valence-electron chi connectivity index (χ1n) is 6.74. The highest BCUT2D eigenvalue weighted by molar-refractivity contribution is 9.13. The molecule has 0 aliphatic carbocycles. The van der Waals surface area contributed by atoms with Gasteiger partial charge in [0, 0.05) is 10.0 Å². The van der Waals surface area contributed by atoms with Gasteiger partial charge in [-0.1, -0.05) is 0 Å². The average molecular weight is 561 g/mol. The molecule has 11 heteroatoms. The van der Waals surface area contributed by atoms with Crippen LogP contribution in [-0.4, -0.2) is 47.4 Å². The fourth-order valence-corrected chi connectivity index (χ4v) is 3.63. The molecule has 0 aliphatic rings. The summed E-state index contributed by atoms with van der Waals surface area (Å²) in [6.07, 6.45) is 0.521. The maximum Gasteiger partial charge on any atom is 0.332 e. The Morgan fingerprint density at radius 2 is 1.54 bits per heavy atom. The summed E-state index contributed by atoms with van der Waals surface area (Å²) in [5, 5.41) is 29.3. The lowest BCUT2D eigenvalue weighted by Gasteiger charge is -2.16. The van der Waals surface area contributed by atoms with Crippen LogP contribution in [0.1, 0.15) is 12.0 Å². The van der Waals surface area contributed by atoms with Gasteiger partial charge in [-0.3, -0.25) is 9.59 Å². The molecule has 142 valence electrons. The topological polar surface area (TPSA) is 130 Å². The Morgan fingerprint density at radius 1 is 1.00 bits per heavy atom. The monoisotopic (exact) mass is 558 g/mol. The van der Waals surface area contributed by atoms with Crippen LogP contribution in [-0.2, 0) is 23.9 Å².